The van der Waals surface area contributed by atoms with E-state index < -0.39 is 10.0 Å². The first-order valence-electron chi connectivity index (χ1n) is 9.49. The summed E-state index contributed by atoms with van der Waals surface area (Å²) < 4.78 is 27.9. The number of nitrogens with zero attached hydrogens (tertiary/aromatic N) is 4. The highest BCUT2D eigenvalue weighted by Crippen LogP contribution is 2.32. The number of halogens is 1. The molecule has 32 heavy (non-hydrogen) atoms. The van der Waals surface area contributed by atoms with Crippen LogP contribution in [0.15, 0.2) is 84.3 Å². The van der Waals surface area contributed by atoms with Crippen LogP contribution in [0.5, 0.6) is 0 Å². The predicted octanol–water partition coefficient (Wildman–Crippen LogP) is 4.54. The Bertz CT molecular complexity index is 1520. The molecule has 0 aliphatic heterocycles. The SMILES string of the molecule is O=S(=O)(Nc1cc(-c2cnc3n[nH]c(-c4ccncc4)c3c2)cnc1Cl)c1ccccc1. The molecule has 0 aliphatic carbocycles. The fourth-order valence-electron chi connectivity index (χ4n) is 3.28. The topological polar surface area (TPSA) is 114 Å². The predicted molar refractivity (Wildman–Crippen MR) is 123 cm³/mol. The van der Waals surface area contributed by atoms with E-state index in [1.54, 1.807) is 49.1 Å². The molecule has 2 N–H and O–H groups in total. The Kier molecular flexibility index (Phi) is 5.04. The van der Waals surface area contributed by atoms with Crippen LogP contribution in [-0.2, 0) is 10.0 Å². The molecule has 5 aromatic rings. The van der Waals surface area contributed by atoms with Crippen LogP contribution < -0.4 is 4.72 Å². The molecule has 0 spiro atoms. The van der Waals surface area contributed by atoms with Crippen molar-refractivity contribution < 1.29 is 8.42 Å². The van der Waals surface area contributed by atoms with E-state index >= 15 is 0 Å². The second-order valence-corrected chi connectivity index (χ2v) is 8.95. The molecule has 0 atom stereocenters. The Morgan fingerprint density at radius 1 is 0.875 bits per heavy atom. The second-order valence-electron chi connectivity index (χ2n) is 6.91. The minimum absolute atomic E-state index is 0.0445. The van der Waals surface area contributed by atoms with Crippen molar-refractivity contribution in [1.82, 2.24) is 25.1 Å². The summed E-state index contributed by atoms with van der Waals surface area (Å²) in [7, 11) is -3.81. The summed E-state index contributed by atoms with van der Waals surface area (Å²) in [5.74, 6) is 0. The molecular formula is C22H15ClN6O2S. The van der Waals surface area contributed by atoms with Gasteiger partial charge in [0.15, 0.2) is 10.8 Å². The Balaban J connectivity index is 1.55. The van der Waals surface area contributed by atoms with Gasteiger partial charge in [-0.05, 0) is 36.4 Å². The van der Waals surface area contributed by atoms with E-state index in [2.05, 4.69) is 29.9 Å². The first-order chi connectivity index (χ1) is 15.5. The molecule has 4 heterocycles. The molecule has 0 aliphatic rings. The van der Waals surface area contributed by atoms with Crippen LogP contribution in [0.3, 0.4) is 0 Å². The molecule has 4 aromatic heterocycles. The number of hydrogen-bond donors (Lipinski definition) is 2. The molecule has 1 aromatic carbocycles. The maximum atomic E-state index is 12.7. The number of anilines is 1. The van der Waals surface area contributed by atoms with Gasteiger partial charge in [-0.3, -0.25) is 14.8 Å². The average molecular weight is 463 g/mol. The fourth-order valence-corrected chi connectivity index (χ4v) is 4.56. The number of aromatic amines is 1. The first kappa shape index (κ1) is 20.1. The van der Waals surface area contributed by atoms with Crippen LogP contribution in [0, 0.1) is 0 Å². The monoisotopic (exact) mass is 462 g/mol. The lowest BCUT2D eigenvalue weighted by molar-refractivity contribution is 0.601. The van der Waals surface area contributed by atoms with Crippen molar-refractivity contribution in [2.24, 2.45) is 0 Å². The van der Waals surface area contributed by atoms with E-state index in [4.69, 9.17) is 11.6 Å². The largest absolute Gasteiger partial charge is 0.276 e. The molecule has 0 saturated heterocycles. The van der Waals surface area contributed by atoms with Crippen LogP contribution in [-0.4, -0.2) is 33.6 Å². The van der Waals surface area contributed by atoms with Gasteiger partial charge < -0.3 is 0 Å². The number of H-pyrrole nitrogens is 1. The van der Waals surface area contributed by atoms with Crippen LogP contribution in [0.2, 0.25) is 5.15 Å². The lowest BCUT2D eigenvalue weighted by atomic mass is 10.1. The van der Waals surface area contributed by atoms with E-state index in [0.29, 0.717) is 11.2 Å². The molecule has 0 amide bonds. The Labute approximate surface area is 188 Å². The number of fused-ring (bicyclic) bond motifs is 1. The van der Waals surface area contributed by atoms with E-state index in [-0.39, 0.29) is 15.7 Å². The number of nitrogens with one attached hydrogen (secondary N) is 2. The summed E-state index contributed by atoms with van der Waals surface area (Å²) in [6.07, 6.45) is 6.62. The highest BCUT2D eigenvalue weighted by atomic mass is 35.5. The summed E-state index contributed by atoms with van der Waals surface area (Å²) in [4.78, 5) is 12.8. The van der Waals surface area contributed by atoms with Crippen molar-refractivity contribution in [1.29, 1.82) is 0 Å². The summed E-state index contributed by atoms with van der Waals surface area (Å²) >= 11 is 6.19. The first-order valence-corrected chi connectivity index (χ1v) is 11.4. The maximum Gasteiger partial charge on any atom is 0.261 e. The zero-order valence-corrected chi connectivity index (χ0v) is 18.0. The van der Waals surface area contributed by atoms with Crippen LogP contribution in [0.25, 0.3) is 33.4 Å². The maximum absolute atomic E-state index is 12.7. The molecule has 0 saturated carbocycles. The van der Waals surface area contributed by atoms with E-state index in [0.717, 1.165) is 22.2 Å². The number of pyridine rings is 3. The number of hydrogen-bond acceptors (Lipinski definition) is 6. The number of rotatable bonds is 5. The van der Waals surface area contributed by atoms with Crippen molar-refractivity contribution in [3.8, 4) is 22.4 Å². The third-order valence-electron chi connectivity index (χ3n) is 4.85. The minimum atomic E-state index is -3.81. The molecule has 158 valence electrons. The molecule has 0 bridgehead atoms. The molecule has 8 nitrogen and oxygen atoms in total. The van der Waals surface area contributed by atoms with Gasteiger partial charge >= 0.3 is 0 Å². The third-order valence-corrected chi connectivity index (χ3v) is 6.53. The number of sulfonamides is 1. The van der Waals surface area contributed by atoms with Crippen molar-refractivity contribution in [2.75, 3.05) is 4.72 Å². The van der Waals surface area contributed by atoms with Crippen LogP contribution in [0.1, 0.15) is 0 Å². The lowest BCUT2D eigenvalue weighted by Gasteiger charge is -2.11. The van der Waals surface area contributed by atoms with E-state index in [1.165, 1.54) is 12.1 Å². The average Bonchev–Trinajstić information content (AvgIpc) is 3.25. The van der Waals surface area contributed by atoms with Gasteiger partial charge in [0.25, 0.3) is 10.0 Å². The molecule has 0 unspecified atom stereocenters. The van der Waals surface area contributed by atoms with Gasteiger partial charge in [0.2, 0.25) is 0 Å². The van der Waals surface area contributed by atoms with Gasteiger partial charge in [0, 0.05) is 46.9 Å². The molecule has 0 radical (unpaired) electrons. The summed E-state index contributed by atoms with van der Waals surface area (Å²) in [5.41, 5.74) is 3.85. The molecule has 0 fully saturated rings. The van der Waals surface area contributed by atoms with Gasteiger partial charge in [0.1, 0.15) is 0 Å². The van der Waals surface area contributed by atoms with Gasteiger partial charge in [-0.1, -0.05) is 29.8 Å². The van der Waals surface area contributed by atoms with Crippen LogP contribution >= 0.6 is 11.6 Å². The van der Waals surface area contributed by atoms with Gasteiger partial charge in [-0.25, -0.2) is 18.4 Å². The zero-order chi connectivity index (χ0) is 22.1. The van der Waals surface area contributed by atoms with E-state index in [1.807, 2.05) is 18.2 Å². The Hall–Kier alpha value is -3.82. The van der Waals surface area contributed by atoms with Gasteiger partial charge in [0.05, 0.1) is 16.3 Å². The van der Waals surface area contributed by atoms with Gasteiger partial charge in [-0.2, -0.15) is 5.10 Å². The van der Waals surface area contributed by atoms with Crippen molar-refractivity contribution in [3.63, 3.8) is 0 Å². The van der Waals surface area contributed by atoms with E-state index in [9.17, 15) is 8.42 Å². The molecular weight excluding hydrogens is 448 g/mol. The molecule has 10 heteroatoms. The third kappa shape index (κ3) is 3.79. The Morgan fingerprint density at radius 3 is 2.38 bits per heavy atom. The summed E-state index contributed by atoms with van der Waals surface area (Å²) in [5, 5.41) is 8.13. The Morgan fingerprint density at radius 2 is 1.59 bits per heavy atom. The quantitative estimate of drug-likeness (QED) is 0.371. The summed E-state index contributed by atoms with van der Waals surface area (Å²) in [6.45, 7) is 0. The highest BCUT2D eigenvalue weighted by molar-refractivity contribution is 7.92. The standard InChI is InChI=1S/C22H15ClN6O2S/c23-21-19(29-32(30,31)17-4-2-1-3-5-17)11-16(12-25-21)15-10-18-20(14-6-8-24-9-7-14)27-28-22(18)26-13-15/h1-13,29H,(H,26,27,28). The van der Waals surface area contributed by atoms with Crippen molar-refractivity contribution in [2.45, 2.75) is 4.90 Å². The highest BCUT2D eigenvalue weighted by Gasteiger charge is 2.17. The summed E-state index contributed by atoms with van der Waals surface area (Å²) in [6, 6.07) is 15.4. The second kappa shape index (κ2) is 8.03. The number of benzene rings is 1. The smallest absolute Gasteiger partial charge is 0.261 e. The normalized spacial score (nSPS) is 11.5. The minimum Gasteiger partial charge on any atom is -0.276 e. The van der Waals surface area contributed by atoms with Crippen molar-refractivity contribution in [3.05, 3.63) is 84.5 Å². The van der Waals surface area contributed by atoms with Crippen LogP contribution in [0.4, 0.5) is 5.69 Å². The fraction of sp³-hybridized carbons (Fsp3) is 0. The molecule has 5 rings (SSSR count). The van der Waals surface area contributed by atoms with Gasteiger partial charge in [-0.15, -0.1) is 0 Å². The zero-order valence-electron chi connectivity index (χ0n) is 16.4. The van der Waals surface area contributed by atoms with Crippen molar-refractivity contribution >= 4 is 38.3 Å². The number of aromatic nitrogens is 5. The lowest BCUT2D eigenvalue weighted by Crippen LogP contribution is -2.13.